The molecule has 100 valence electrons. The topological polar surface area (TPSA) is 51.0 Å². The zero-order valence-electron chi connectivity index (χ0n) is 11.4. The van der Waals surface area contributed by atoms with Gasteiger partial charge >= 0.3 is 0 Å². The number of nitrogens with zero attached hydrogens (tertiary/aromatic N) is 2. The Balaban J connectivity index is 1.68. The molecule has 3 rings (SSSR count). The summed E-state index contributed by atoms with van der Waals surface area (Å²) in [5, 5.41) is 11.6. The van der Waals surface area contributed by atoms with E-state index in [1.54, 1.807) is 0 Å². The van der Waals surface area contributed by atoms with E-state index in [2.05, 4.69) is 53.6 Å². The van der Waals surface area contributed by atoms with Gasteiger partial charge in [-0.2, -0.15) is 0 Å². The van der Waals surface area contributed by atoms with Crippen LogP contribution in [0.1, 0.15) is 42.7 Å². The molecule has 0 amide bonds. The lowest BCUT2D eigenvalue weighted by atomic mass is 10.1. The van der Waals surface area contributed by atoms with Gasteiger partial charge in [0.2, 0.25) is 11.8 Å². The minimum absolute atomic E-state index is 0.345. The third-order valence-electron chi connectivity index (χ3n) is 3.54. The molecule has 19 heavy (non-hydrogen) atoms. The lowest BCUT2D eigenvalue weighted by Gasteiger charge is -2.04. The lowest BCUT2D eigenvalue weighted by molar-refractivity contribution is 0.399. The van der Waals surface area contributed by atoms with Crippen molar-refractivity contribution in [1.82, 2.24) is 15.5 Å². The molecule has 1 N–H and O–H groups in total. The van der Waals surface area contributed by atoms with Gasteiger partial charge < -0.3 is 9.73 Å². The fourth-order valence-corrected chi connectivity index (χ4v) is 2.53. The summed E-state index contributed by atoms with van der Waals surface area (Å²) in [4.78, 5) is 0. The number of rotatable bonds is 4. The van der Waals surface area contributed by atoms with Gasteiger partial charge in [0, 0.05) is 12.0 Å². The fraction of sp³-hybridized carbons (Fsp3) is 0.467. The third-order valence-corrected chi connectivity index (χ3v) is 3.54. The largest absolute Gasteiger partial charge is 0.424 e. The van der Waals surface area contributed by atoms with Gasteiger partial charge in [0.25, 0.3) is 0 Å². The zero-order valence-corrected chi connectivity index (χ0v) is 11.4. The number of benzene rings is 1. The fourth-order valence-electron chi connectivity index (χ4n) is 2.53. The normalized spacial score (nSPS) is 15.1. The molecule has 0 spiro atoms. The maximum Gasteiger partial charge on any atom is 0.230 e. The Morgan fingerprint density at radius 3 is 2.53 bits per heavy atom. The van der Waals surface area contributed by atoms with Crippen LogP contribution in [-0.4, -0.2) is 16.2 Å². The van der Waals surface area contributed by atoms with Crippen molar-refractivity contribution < 1.29 is 4.42 Å². The second-order valence-corrected chi connectivity index (χ2v) is 5.44. The Hall–Kier alpha value is -1.68. The van der Waals surface area contributed by atoms with E-state index in [1.165, 1.54) is 11.1 Å². The molecule has 0 radical (unpaired) electrons. The summed E-state index contributed by atoms with van der Waals surface area (Å²) in [6.45, 7) is 4.85. The first-order valence-corrected chi connectivity index (χ1v) is 6.85. The molecule has 4 nitrogen and oxygen atoms in total. The van der Waals surface area contributed by atoms with Crippen molar-refractivity contribution in [3.63, 3.8) is 0 Å². The van der Waals surface area contributed by atoms with Crippen molar-refractivity contribution in [2.75, 3.05) is 0 Å². The van der Waals surface area contributed by atoms with Crippen molar-refractivity contribution in [3.05, 3.63) is 47.2 Å². The average Bonchev–Trinajstić information content (AvgIpc) is 3.02. The molecule has 1 aliphatic rings. The van der Waals surface area contributed by atoms with Gasteiger partial charge in [-0.15, -0.1) is 10.2 Å². The zero-order chi connectivity index (χ0) is 13.2. The van der Waals surface area contributed by atoms with Crippen LogP contribution < -0.4 is 5.32 Å². The standard InChI is InChI=1S/C15H19N3O/c1-10(2)16-9-14-17-18-15(19-14)13-7-11-5-3-4-6-12(11)8-13/h3-6,10,13,16H,7-9H2,1-2H3. The maximum absolute atomic E-state index is 5.76. The van der Waals surface area contributed by atoms with E-state index in [1.807, 2.05) is 0 Å². The highest BCUT2D eigenvalue weighted by Crippen LogP contribution is 2.32. The van der Waals surface area contributed by atoms with Gasteiger partial charge in [0.15, 0.2) is 0 Å². The molecule has 0 saturated carbocycles. The van der Waals surface area contributed by atoms with Crippen molar-refractivity contribution in [3.8, 4) is 0 Å². The number of fused-ring (bicyclic) bond motifs is 1. The molecule has 0 atom stereocenters. The quantitative estimate of drug-likeness (QED) is 0.914. The predicted octanol–water partition coefficient (Wildman–Crippen LogP) is 2.45. The highest BCUT2D eigenvalue weighted by molar-refractivity contribution is 5.34. The molecular formula is C15H19N3O. The Bertz CT molecular complexity index is 537. The van der Waals surface area contributed by atoms with Gasteiger partial charge in [0.05, 0.1) is 6.54 Å². The van der Waals surface area contributed by atoms with Crippen LogP contribution in [0.25, 0.3) is 0 Å². The second kappa shape index (κ2) is 5.13. The second-order valence-electron chi connectivity index (χ2n) is 5.44. The Kier molecular flexibility index (Phi) is 3.34. The van der Waals surface area contributed by atoms with Crippen LogP contribution in [-0.2, 0) is 19.4 Å². The van der Waals surface area contributed by atoms with E-state index in [9.17, 15) is 0 Å². The Morgan fingerprint density at radius 1 is 1.21 bits per heavy atom. The lowest BCUT2D eigenvalue weighted by Crippen LogP contribution is -2.21. The molecular weight excluding hydrogens is 238 g/mol. The first kappa shape index (κ1) is 12.4. The van der Waals surface area contributed by atoms with E-state index >= 15 is 0 Å². The monoisotopic (exact) mass is 257 g/mol. The van der Waals surface area contributed by atoms with E-state index in [4.69, 9.17) is 4.42 Å². The van der Waals surface area contributed by atoms with Crippen molar-refractivity contribution in [1.29, 1.82) is 0 Å². The Labute approximate surface area is 113 Å². The number of hydrogen-bond donors (Lipinski definition) is 1. The summed E-state index contributed by atoms with van der Waals surface area (Å²) in [7, 11) is 0. The summed E-state index contributed by atoms with van der Waals surface area (Å²) in [6, 6.07) is 8.98. The molecule has 1 heterocycles. The SMILES string of the molecule is CC(C)NCc1nnc(C2Cc3ccccc3C2)o1. The van der Waals surface area contributed by atoms with E-state index in [0.29, 0.717) is 24.4 Å². The first-order valence-electron chi connectivity index (χ1n) is 6.85. The van der Waals surface area contributed by atoms with Crippen LogP contribution in [0.4, 0.5) is 0 Å². The molecule has 1 aromatic carbocycles. The molecule has 0 fully saturated rings. The number of hydrogen-bond acceptors (Lipinski definition) is 4. The van der Waals surface area contributed by atoms with Crippen LogP contribution in [0.2, 0.25) is 0 Å². The number of aromatic nitrogens is 2. The smallest absolute Gasteiger partial charge is 0.230 e. The van der Waals surface area contributed by atoms with Crippen LogP contribution in [0.5, 0.6) is 0 Å². The third kappa shape index (κ3) is 2.68. The molecule has 2 aromatic rings. The van der Waals surface area contributed by atoms with Crippen LogP contribution in [0.3, 0.4) is 0 Å². The van der Waals surface area contributed by atoms with Gasteiger partial charge in [-0.05, 0) is 24.0 Å². The van der Waals surface area contributed by atoms with E-state index < -0.39 is 0 Å². The Morgan fingerprint density at radius 2 is 1.89 bits per heavy atom. The van der Waals surface area contributed by atoms with Crippen molar-refractivity contribution >= 4 is 0 Å². The summed E-state index contributed by atoms with van der Waals surface area (Å²) >= 11 is 0. The molecule has 1 aliphatic carbocycles. The highest BCUT2D eigenvalue weighted by Gasteiger charge is 2.26. The predicted molar refractivity (Wildman–Crippen MR) is 72.9 cm³/mol. The van der Waals surface area contributed by atoms with Gasteiger partial charge in [-0.3, -0.25) is 0 Å². The van der Waals surface area contributed by atoms with Crippen molar-refractivity contribution in [2.24, 2.45) is 0 Å². The number of nitrogens with one attached hydrogen (secondary N) is 1. The summed E-state index contributed by atoms with van der Waals surface area (Å²) in [5.41, 5.74) is 2.82. The maximum atomic E-state index is 5.76. The van der Waals surface area contributed by atoms with E-state index in [0.717, 1.165) is 18.7 Å². The first-order chi connectivity index (χ1) is 9.22. The molecule has 0 bridgehead atoms. The molecule has 0 aliphatic heterocycles. The average molecular weight is 257 g/mol. The van der Waals surface area contributed by atoms with Crippen molar-refractivity contribution in [2.45, 2.75) is 45.2 Å². The molecule has 0 unspecified atom stereocenters. The summed E-state index contributed by atoms with van der Waals surface area (Å²) in [5.74, 6) is 1.80. The van der Waals surface area contributed by atoms with Gasteiger partial charge in [0.1, 0.15) is 0 Å². The van der Waals surface area contributed by atoms with Gasteiger partial charge in [-0.1, -0.05) is 38.1 Å². The summed E-state index contributed by atoms with van der Waals surface area (Å²) < 4.78 is 5.76. The minimum Gasteiger partial charge on any atom is -0.424 e. The van der Waals surface area contributed by atoms with Gasteiger partial charge in [-0.25, -0.2) is 0 Å². The summed E-state index contributed by atoms with van der Waals surface area (Å²) in [6.07, 6.45) is 2.02. The van der Waals surface area contributed by atoms with E-state index in [-0.39, 0.29) is 0 Å². The van der Waals surface area contributed by atoms with Crippen LogP contribution >= 0.6 is 0 Å². The molecule has 4 heteroatoms. The minimum atomic E-state index is 0.345. The molecule has 0 saturated heterocycles. The highest BCUT2D eigenvalue weighted by atomic mass is 16.4. The molecule has 1 aromatic heterocycles. The van der Waals surface area contributed by atoms with Crippen LogP contribution in [0.15, 0.2) is 28.7 Å². The van der Waals surface area contributed by atoms with Crippen LogP contribution in [0, 0.1) is 0 Å².